The van der Waals surface area contributed by atoms with Gasteiger partial charge in [-0.25, -0.2) is 13.1 Å². The molecule has 140 valence electrons. The summed E-state index contributed by atoms with van der Waals surface area (Å²) < 4.78 is 28.6. The molecule has 1 aliphatic rings. The zero-order chi connectivity index (χ0) is 18.8. The Morgan fingerprint density at radius 1 is 1.00 bits per heavy atom. The van der Waals surface area contributed by atoms with Crippen LogP contribution < -0.4 is 4.72 Å². The van der Waals surface area contributed by atoms with Gasteiger partial charge in [0.15, 0.2) is 0 Å². The molecule has 0 fully saturated rings. The number of rotatable bonds is 5. The van der Waals surface area contributed by atoms with Crippen molar-refractivity contribution in [3.8, 4) is 0 Å². The van der Waals surface area contributed by atoms with Crippen molar-refractivity contribution < 1.29 is 8.42 Å². The Hall–Kier alpha value is -1.69. The standard InChI is InChI=1S/C21H28N2O2S/c1-21(2,3)20(22-26(24,25)19-11-5-4-6-12-19)16-23-14-13-17-9-7-8-10-18(17)15-23/h4-12,20,22H,13-16H2,1-3H3/t20-/m1/s1. The van der Waals surface area contributed by atoms with Gasteiger partial charge in [-0.15, -0.1) is 0 Å². The van der Waals surface area contributed by atoms with Crippen LogP contribution in [0.15, 0.2) is 59.5 Å². The van der Waals surface area contributed by atoms with Gasteiger partial charge >= 0.3 is 0 Å². The van der Waals surface area contributed by atoms with Gasteiger partial charge < -0.3 is 0 Å². The number of fused-ring (bicyclic) bond motifs is 1. The van der Waals surface area contributed by atoms with Crippen LogP contribution >= 0.6 is 0 Å². The third-order valence-corrected chi connectivity index (χ3v) is 6.53. The summed E-state index contributed by atoms with van der Waals surface area (Å²) in [5, 5.41) is 0. The summed E-state index contributed by atoms with van der Waals surface area (Å²) in [7, 11) is -3.53. The molecular formula is C21H28N2O2S. The van der Waals surface area contributed by atoms with E-state index in [4.69, 9.17) is 0 Å². The van der Waals surface area contributed by atoms with Gasteiger partial charge in [-0.3, -0.25) is 4.90 Å². The van der Waals surface area contributed by atoms with E-state index in [1.54, 1.807) is 24.3 Å². The summed E-state index contributed by atoms with van der Waals surface area (Å²) in [5.41, 5.74) is 2.57. The van der Waals surface area contributed by atoms with Gasteiger partial charge in [-0.2, -0.15) is 0 Å². The second kappa shape index (κ2) is 7.51. The lowest BCUT2D eigenvalue weighted by Gasteiger charge is -2.37. The Kier molecular flexibility index (Phi) is 5.51. The minimum Gasteiger partial charge on any atom is -0.297 e. The SMILES string of the molecule is CC(C)(C)[C@@H](CN1CCc2ccccc2C1)NS(=O)(=O)c1ccccc1. The smallest absolute Gasteiger partial charge is 0.240 e. The zero-order valence-electron chi connectivity index (χ0n) is 15.8. The van der Waals surface area contributed by atoms with Crippen molar-refractivity contribution in [3.05, 3.63) is 65.7 Å². The Bertz CT molecular complexity index is 842. The highest BCUT2D eigenvalue weighted by molar-refractivity contribution is 7.89. The molecule has 0 radical (unpaired) electrons. The van der Waals surface area contributed by atoms with E-state index in [9.17, 15) is 8.42 Å². The summed E-state index contributed by atoms with van der Waals surface area (Å²) in [6, 6.07) is 16.9. The van der Waals surface area contributed by atoms with Crippen LogP contribution in [-0.2, 0) is 23.0 Å². The molecule has 3 rings (SSSR count). The molecule has 4 nitrogen and oxygen atoms in total. The van der Waals surface area contributed by atoms with Crippen LogP contribution in [0, 0.1) is 5.41 Å². The van der Waals surface area contributed by atoms with E-state index in [-0.39, 0.29) is 11.5 Å². The molecule has 0 amide bonds. The first kappa shape index (κ1) is 19.1. The predicted molar refractivity (Wildman–Crippen MR) is 105 cm³/mol. The Morgan fingerprint density at radius 2 is 1.62 bits per heavy atom. The topological polar surface area (TPSA) is 49.4 Å². The van der Waals surface area contributed by atoms with E-state index >= 15 is 0 Å². The maximum Gasteiger partial charge on any atom is 0.240 e. The monoisotopic (exact) mass is 372 g/mol. The summed E-state index contributed by atoms with van der Waals surface area (Å²) in [6.45, 7) is 8.78. The molecule has 0 spiro atoms. The van der Waals surface area contributed by atoms with Crippen molar-refractivity contribution in [1.82, 2.24) is 9.62 Å². The molecule has 1 aliphatic heterocycles. The number of hydrogen-bond acceptors (Lipinski definition) is 3. The largest absolute Gasteiger partial charge is 0.297 e. The van der Waals surface area contributed by atoms with Gasteiger partial charge in [0.1, 0.15) is 0 Å². The first-order valence-corrected chi connectivity index (χ1v) is 10.6. The predicted octanol–water partition coefficient (Wildman–Crippen LogP) is 3.44. The van der Waals surface area contributed by atoms with E-state index in [1.807, 2.05) is 6.07 Å². The molecule has 1 N–H and O–H groups in total. The van der Waals surface area contributed by atoms with Crippen molar-refractivity contribution in [2.45, 2.75) is 44.7 Å². The number of sulfonamides is 1. The van der Waals surface area contributed by atoms with Gasteiger partial charge in [-0.05, 0) is 35.1 Å². The van der Waals surface area contributed by atoms with Crippen molar-refractivity contribution in [2.24, 2.45) is 5.41 Å². The normalized spacial score (nSPS) is 16.9. The van der Waals surface area contributed by atoms with Gasteiger partial charge in [0.05, 0.1) is 4.90 Å². The van der Waals surface area contributed by atoms with Crippen LogP contribution in [0.2, 0.25) is 0 Å². The fourth-order valence-electron chi connectivity index (χ4n) is 3.31. The lowest BCUT2D eigenvalue weighted by molar-refractivity contribution is 0.177. The Balaban J connectivity index is 1.76. The first-order chi connectivity index (χ1) is 12.3. The third kappa shape index (κ3) is 4.53. The van der Waals surface area contributed by atoms with Crippen LogP contribution in [0.3, 0.4) is 0 Å². The van der Waals surface area contributed by atoms with Crippen molar-refractivity contribution in [2.75, 3.05) is 13.1 Å². The number of hydrogen-bond donors (Lipinski definition) is 1. The quantitative estimate of drug-likeness (QED) is 0.875. The molecule has 5 heteroatoms. The molecule has 0 aromatic heterocycles. The second-order valence-corrected chi connectivity index (χ2v) is 9.82. The van der Waals surface area contributed by atoms with E-state index in [2.05, 4.69) is 54.7 Å². The number of nitrogens with one attached hydrogen (secondary N) is 1. The minimum absolute atomic E-state index is 0.169. The number of benzene rings is 2. The lowest BCUT2D eigenvalue weighted by Crippen LogP contribution is -2.51. The number of nitrogens with zero attached hydrogens (tertiary/aromatic N) is 1. The van der Waals surface area contributed by atoms with E-state index in [0.717, 1.165) is 19.5 Å². The van der Waals surface area contributed by atoms with Gasteiger partial charge in [0, 0.05) is 25.7 Å². The Morgan fingerprint density at radius 3 is 2.27 bits per heavy atom. The summed E-state index contributed by atoms with van der Waals surface area (Å²) in [6.07, 6.45) is 1.01. The summed E-state index contributed by atoms with van der Waals surface area (Å²) in [5.74, 6) is 0. The molecule has 0 aliphatic carbocycles. The average Bonchev–Trinajstić information content (AvgIpc) is 2.61. The molecular weight excluding hydrogens is 344 g/mol. The van der Waals surface area contributed by atoms with Crippen LogP contribution in [0.1, 0.15) is 31.9 Å². The maximum absolute atomic E-state index is 12.8. The Labute approximate surface area is 157 Å². The molecule has 0 bridgehead atoms. The minimum atomic E-state index is -3.53. The van der Waals surface area contributed by atoms with Crippen molar-refractivity contribution in [3.63, 3.8) is 0 Å². The van der Waals surface area contributed by atoms with Gasteiger partial charge in [0.25, 0.3) is 0 Å². The fraction of sp³-hybridized carbons (Fsp3) is 0.429. The summed E-state index contributed by atoms with van der Waals surface area (Å²) >= 11 is 0. The highest BCUT2D eigenvalue weighted by atomic mass is 32.2. The van der Waals surface area contributed by atoms with E-state index in [0.29, 0.717) is 11.4 Å². The van der Waals surface area contributed by atoms with Crippen LogP contribution in [0.25, 0.3) is 0 Å². The second-order valence-electron chi connectivity index (χ2n) is 8.11. The maximum atomic E-state index is 12.8. The molecule has 1 atom stereocenters. The fourth-order valence-corrected chi connectivity index (χ4v) is 4.77. The third-order valence-electron chi connectivity index (χ3n) is 5.05. The van der Waals surface area contributed by atoms with Crippen LogP contribution in [0.5, 0.6) is 0 Å². The zero-order valence-corrected chi connectivity index (χ0v) is 16.6. The van der Waals surface area contributed by atoms with Crippen molar-refractivity contribution >= 4 is 10.0 Å². The van der Waals surface area contributed by atoms with E-state index in [1.165, 1.54) is 11.1 Å². The molecule has 1 heterocycles. The molecule has 0 saturated heterocycles. The average molecular weight is 373 g/mol. The summed E-state index contributed by atoms with van der Waals surface area (Å²) in [4.78, 5) is 2.67. The highest BCUT2D eigenvalue weighted by Gasteiger charge is 2.32. The van der Waals surface area contributed by atoms with E-state index < -0.39 is 10.0 Å². The van der Waals surface area contributed by atoms with Gasteiger partial charge in [-0.1, -0.05) is 63.2 Å². The highest BCUT2D eigenvalue weighted by Crippen LogP contribution is 2.25. The lowest BCUT2D eigenvalue weighted by atomic mass is 9.86. The van der Waals surface area contributed by atoms with Crippen LogP contribution in [-0.4, -0.2) is 32.4 Å². The molecule has 26 heavy (non-hydrogen) atoms. The van der Waals surface area contributed by atoms with Crippen molar-refractivity contribution in [1.29, 1.82) is 0 Å². The first-order valence-electron chi connectivity index (χ1n) is 9.12. The van der Waals surface area contributed by atoms with Gasteiger partial charge in [0.2, 0.25) is 10.0 Å². The van der Waals surface area contributed by atoms with Crippen LogP contribution in [0.4, 0.5) is 0 Å². The molecule has 2 aromatic carbocycles. The molecule has 2 aromatic rings. The molecule has 0 unspecified atom stereocenters. The molecule has 0 saturated carbocycles.